The number of aromatic nitrogens is 3. The number of nitrogens with two attached hydrogens (primary N) is 1. The van der Waals surface area contributed by atoms with Crippen LogP contribution in [0.4, 0.5) is 0 Å². The van der Waals surface area contributed by atoms with Crippen molar-refractivity contribution in [3.63, 3.8) is 0 Å². The Kier molecular flexibility index (Phi) is 5.75. The Morgan fingerprint density at radius 1 is 1.19 bits per heavy atom. The Morgan fingerprint density at radius 2 is 2.05 bits per heavy atom. The van der Waals surface area contributed by atoms with Gasteiger partial charge in [0.2, 0.25) is 0 Å². The fourth-order valence-corrected chi connectivity index (χ4v) is 2.07. The monoisotopic (exact) mass is 288 g/mol. The Hall–Kier alpha value is -1.88. The van der Waals surface area contributed by atoms with Gasteiger partial charge in [-0.05, 0) is 56.5 Å². The molecule has 1 heterocycles. The van der Waals surface area contributed by atoms with Crippen LogP contribution in [0.1, 0.15) is 29.7 Å². The largest absolute Gasteiger partial charge is 0.494 e. The molecule has 5 heteroatoms. The van der Waals surface area contributed by atoms with Gasteiger partial charge in [0.15, 0.2) is 0 Å². The van der Waals surface area contributed by atoms with E-state index in [2.05, 4.69) is 36.3 Å². The summed E-state index contributed by atoms with van der Waals surface area (Å²) < 4.78 is 7.63. The summed E-state index contributed by atoms with van der Waals surface area (Å²) in [6, 6.07) is 6.18. The first-order valence-corrected chi connectivity index (χ1v) is 7.48. The molecular formula is C16H24N4O. The lowest BCUT2D eigenvalue weighted by Gasteiger charge is -2.08. The van der Waals surface area contributed by atoms with Crippen molar-refractivity contribution < 1.29 is 4.74 Å². The second-order valence-electron chi connectivity index (χ2n) is 5.31. The Balaban J connectivity index is 1.71. The van der Waals surface area contributed by atoms with Crippen molar-refractivity contribution in [3.05, 3.63) is 41.2 Å². The van der Waals surface area contributed by atoms with Crippen molar-refractivity contribution >= 4 is 0 Å². The molecule has 2 aromatic rings. The van der Waals surface area contributed by atoms with Crippen molar-refractivity contribution in [1.29, 1.82) is 0 Å². The highest BCUT2D eigenvalue weighted by molar-refractivity contribution is 5.33. The van der Waals surface area contributed by atoms with E-state index in [0.29, 0.717) is 13.2 Å². The van der Waals surface area contributed by atoms with Gasteiger partial charge in [0.05, 0.1) is 12.3 Å². The van der Waals surface area contributed by atoms with Crippen molar-refractivity contribution in [2.45, 2.75) is 39.7 Å². The molecule has 0 fully saturated rings. The molecule has 0 bridgehead atoms. The zero-order chi connectivity index (χ0) is 15.1. The molecular weight excluding hydrogens is 264 g/mol. The van der Waals surface area contributed by atoms with Crippen LogP contribution >= 0.6 is 0 Å². The van der Waals surface area contributed by atoms with E-state index >= 15 is 0 Å². The maximum absolute atomic E-state index is 5.76. The average molecular weight is 288 g/mol. The summed E-state index contributed by atoms with van der Waals surface area (Å²) in [5.41, 5.74) is 9.04. The van der Waals surface area contributed by atoms with Gasteiger partial charge in [-0.3, -0.25) is 4.68 Å². The molecule has 0 unspecified atom stereocenters. The maximum atomic E-state index is 5.76. The van der Waals surface area contributed by atoms with E-state index in [1.807, 2.05) is 16.9 Å². The van der Waals surface area contributed by atoms with E-state index < -0.39 is 0 Å². The van der Waals surface area contributed by atoms with Gasteiger partial charge in [0.25, 0.3) is 0 Å². The number of hydrogen-bond donors (Lipinski definition) is 1. The molecule has 0 aliphatic rings. The highest BCUT2D eigenvalue weighted by Crippen LogP contribution is 2.16. The lowest BCUT2D eigenvalue weighted by atomic mass is 10.1. The second kappa shape index (κ2) is 7.78. The van der Waals surface area contributed by atoms with Gasteiger partial charge in [-0.1, -0.05) is 11.3 Å². The predicted octanol–water partition coefficient (Wildman–Crippen LogP) is 2.26. The molecule has 1 aromatic carbocycles. The van der Waals surface area contributed by atoms with E-state index in [4.69, 9.17) is 10.5 Å². The van der Waals surface area contributed by atoms with Crippen LogP contribution in [-0.4, -0.2) is 28.1 Å². The van der Waals surface area contributed by atoms with E-state index in [1.165, 1.54) is 11.1 Å². The van der Waals surface area contributed by atoms with Gasteiger partial charge in [-0.15, -0.1) is 5.10 Å². The topological polar surface area (TPSA) is 66.0 Å². The molecule has 0 saturated heterocycles. The van der Waals surface area contributed by atoms with Gasteiger partial charge >= 0.3 is 0 Å². The summed E-state index contributed by atoms with van der Waals surface area (Å²) in [5, 5.41) is 8.24. The molecule has 0 atom stereocenters. The van der Waals surface area contributed by atoms with Gasteiger partial charge in [0, 0.05) is 19.2 Å². The molecule has 1 aromatic heterocycles. The number of ether oxygens (including phenoxy) is 1. The molecule has 0 spiro atoms. The van der Waals surface area contributed by atoms with Gasteiger partial charge < -0.3 is 10.5 Å². The summed E-state index contributed by atoms with van der Waals surface area (Å²) >= 11 is 0. The average Bonchev–Trinajstić information content (AvgIpc) is 2.93. The summed E-state index contributed by atoms with van der Waals surface area (Å²) in [6.45, 7) is 6.39. The van der Waals surface area contributed by atoms with Crippen LogP contribution in [0.25, 0.3) is 0 Å². The SMILES string of the molecule is Cc1ccc(OCCCn2cc(CCCN)nn2)cc1C. The number of rotatable bonds is 8. The first-order valence-electron chi connectivity index (χ1n) is 7.48. The van der Waals surface area contributed by atoms with Crippen molar-refractivity contribution in [2.75, 3.05) is 13.2 Å². The fraction of sp³-hybridized carbons (Fsp3) is 0.500. The summed E-state index contributed by atoms with van der Waals surface area (Å²) in [4.78, 5) is 0. The van der Waals surface area contributed by atoms with Crippen LogP contribution in [-0.2, 0) is 13.0 Å². The summed E-state index contributed by atoms with van der Waals surface area (Å²) in [5.74, 6) is 0.931. The van der Waals surface area contributed by atoms with Crippen LogP contribution in [0, 0.1) is 13.8 Å². The Morgan fingerprint density at radius 3 is 2.81 bits per heavy atom. The number of nitrogens with zero attached hydrogens (tertiary/aromatic N) is 3. The number of benzene rings is 1. The third-order valence-electron chi connectivity index (χ3n) is 3.50. The molecule has 2 N–H and O–H groups in total. The first-order chi connectivity index (χ1) is 10.2. The smallest absolute Gasteiger partial charge is 0.119 e. The lowest BCUT2D eigenvalue weighted by Crippen LogP contribution is -2.05. The maximum Gasteiger partial charge on any atom is 0.119 e. The van der Waals surface area contributed by atoms with Crippen LogP contribution in [0.3, 0.4) is 0 Å². The normalized spacial score (nSPS) is 10.8. The minimum Gasteiger partial charge on any atom is -0.494 e. The minimum atomic E-state index is 0.681. The number of hydrogen-bond acceptors (Lipinski definition) is 4. The molecule has 0 radical (unpaired) electrons. The predicted molar refractivity (Wildman–Crippen MR) is 83.4 cm³/mol. The zero-order valence-electron chi connectivity index (χ0n) is 12.9. The molecule has 0 amide bonds. The third-order valence-corrected chi connectivity index (χ3v) is 3.50. The summed E-state index contributed by atoms with van der Waals surface area (Å²) in [6.07, 6.45) is 4.75. The highest BCUT2D eigenvalue weighted by Gasteiger charge is 2.01. The van der Waals surface area contributed by atoms with Crippen molar-refractivity contribution in [3.8, 4) is 5.75 Å². The van der Waals surface area contributed by atoms with Crippen molar-refractivity contribution in [1.82, 2.24) is 15.0 Å². The molecule has 0 aliphatic heterocycles. The van der Waals surface area contributed by atoms with Crippen LogP contribution in [0.2, 0.25) is 0 Å². The minimum absolute atomic E-state index is 0.681. The zero-order valence-corrected chi connectivity index (χ0v) is 12.9. The molecule has 0 aliphatic carbocycles. The van der Waals surface area contributed by atoms with Crippen LogP contribution < -0.4 is 10.5 Å². The van der Waals surface area contributed by atoms with E-state index in [-0.39, 0.29) is 0 Å². The van der Waals surface area contributed by atoms with Crippen molar-refractivity contribution in [2.24, 2.45) is 5.73 Å². The van der Waals surface area contributed by atoms with Gasteiger partial charge in [-0.2, -0.15) is 0 Å². The highest BCUT2D eigenvalue weighted by atomic mass is 16.5. The lowest BCUT2D eigenvalue weighted by molar-refractivity contribution is 0.297. The van der Waals surface area contributed by atoms with Crippen LogP contribution in [0.15, 0.2) is 24.4 Å². The fourth-order valence-electron chi connectivity index (χ4n) is 2.07. The van der Waals surface area contributed by atoms with E-state index in [9.17, 15) is 0 Å². The van der Waals surface area contributed by atoms with E-state index in [0.717, 1.165) is 37.3 Å². The summed E-state index contributed by atoms with van der Waals surface area (Å²) in [7, 11) is 0. The van der Waals surface area contributed by atoms with Gasteiger partial charge in [0.1, 0.15) is 5.75 Å². The second-order valence-corrected chi connectivity index (χ2v) is 5.31. The Bertz CT molecular complexity index is 565. The first kappa shape index (κ1) is 15.5. The van der Waals surface area contributed by atoms with Gasteiger partial charge in [-0.25, -0.2) is 0 Å². The van der Waals surface area contributed by atoms with Crippen LogP contribution in [0.5, 0.6) is 5.75 Å². The quantitative estimate of drug-likeness (QED) is 0.757. The molecule has 114 valence electrons. The van der Waals surface area contributed by atoms with E-state index in [1.54, 1.807) is 0 Å². The number of aryl methyl sites for hydroxylation is 4. The molecule has 0 saturated carbocycles. The standard InChI is InChI=1S/C16H24N4O/c1-13-6-7-16(11-14(13)2)21-10-4-9-20-12-15(18-19-20)5-3-8-17/h6-7,11-12H,3-5,8-10,17H2,1-2H3. The molecule has 2 rings (SSSR count). The Labute approximate surface area is 126 Å². The molecule has 5 nitrogen and oxygen atoms in total. The third kappa shape index (κ3) is 4.86. The molecule has 21 heavy (non-hydrogen) atoms.